The fourth-order valence-corrected chi connectivity index (χ4v) is 1.75. The molecule has 3 nitrogen and oxygen atoms in total. The van der Waals surface area contributed by atoms with E-state index < -0.39 is 6.04 Å². The summed E-state index contributed by atoms with van der Waals surface area (Å²) in [7, 11) is 1.66. The minimum atomic E-state index is -0.566. The van der Waals surface area contributed by atoms with Crippen LogP contribution in [0.5, 0.6) is 5.75 Å². The molecule has 0 aliphatic heterocycles. The van der Waals surface area contributed by atoms with E-state index in [-0.39, 0.29) is 0 Å². The molecule has 1 aromatic carbocycles. The van der Waals surface area contributed by atoms with Crippen molar-refractivity contribution in [1.82, 2.24) is 0 Å². The van der Waals surface area contributed by atoms with Crippen LogP contribution in [-0.4, -0.2) is 7.11 Å². The molecular weight excluding hydrogens is 200 g/mol. The molecule has 0 aromatic heterocycles. The molecule has 1 unspecified atom stereocenters. The highest BCUT2D eigenvalue weighted by Crippen LogP contribution is 2.31. The van der Waals surface area contributed by atoms with Gasteiger partial charge in [-0.25, -0.2) is 0 Å². The lowest BCUT2D eigenvalue weighted by molar-refractivity contribution is 0.407. The summed E-state index contributed by atoms with van der Waals surface area (Å²) in [4.78, 5) is 0. The van der Waals surface area contributed by atoms with E-state index in [9.17, 15) is 0 Å². The smallest absolute Gasteiger partial charge is 0.122 e. The molecule has 0 fully saturated rings. The normalized spacial score (nSPS) is 12.3. The van der Waals surface area contributed by atoms with Gasteiger partial charge in [0, 0.05) is 0 Å². The Bertz CT molecular complexity index is 419. The maximum Gasteiger partial charge on any atom is 0.122 e. The molecule has 0 spiro atoms. The number of nitrogens with two attached hydrogens (primary N) is 1. The Morgan fingerprint density at radius 3 is 2.38 bits per heavy atom. The van der Waals surface area contributed by atoms with E-state index in [1.54, 1.807) is 7.11 Å². The molecule has 16 heavy (non-hydrogen) atoms. The summed E-state index contributed by atoms with van der Waals surface area (Å²) in [5.74, 6) is 1.21. The van der Waals surface area contributed by atoms with Crippen molar-refractivity contribution in [3.8, 4) is 11.8 Å². The van der Waals surface area contributed by atoms with E-state index in [0.29, 0.717) is 5.92 Å². The van der Waals surface area contributed by atoms with E-state index in [2.05, 4.69) is 19.9 Å². The first kappa shape index (κ1) is 12.5. The Balaban J connectivity index is 3.34. The van der Waals surface area contributed by atoms with E-state index in [0.717, 1.165) is 22.4 Å². The van der Waals surface area contributed by atoms with Gasteiger partial charge in [-0.05, 0) is 41.7 Å². The van der Waals surface area contributed by atoms with Gasteiger partial charge < -0.3 is 10.5 Å². The van der Waals surface area contributed by atoms with Crippen molar-refractivity contribution < 1.29 is 4.74 Å². The number of hydrogen-bond donors (Lipinski definition) is 1. The average Bonchev–Trinajstić information content (AvgIpc) is 2.27. The predicted molar refractivity (Wildman–Crippen MR) is 64.4 cm³/mol. The Labute approximate surface area is 96.8 Å². The van der Waals surface area contributed by atoms with Crippen molar-refractivity contribution in [3.05, 3.63) is 28.8 Å². The van der Waals surface area contributed by atoms with Crippen LogP contribution in [-0.2, 0) is 0 Å². The molecule has 1 atom stereocenters. The molecule has 3 heteroatoms. The van der Waals surface area contributed by atoms with Crippen LogP contribution in [0.1, 0.15) is 42.5 Å². The lowest BCUT2D eigenvalue weighted by Crippen LogP contribution is -2.10. The summed E-state index contributed by atoms with van der Waals surface area (Å²) in [6.07, 6.45) is 0. The minimum Gasteiger partial charge on any atom is -0.496 e. The maximum atomic E-state index is 8.86. The standard InChI is InChI=1S/C13H18N2O/c1-8(2)10-6-11(12(15)7-14)9(3)5-13(10)16-4/h5-6,8,12H,15H2,1-4H3. The Kier molecular flexibility index (Phi) is 3.92. The lowest BCUT2D eigenvalue weighted by Gasteiger charge is -2.16. The highest BCUT2D eigenvalue weighted by atomic mass is 16.5. The molecule has 0 aliphatic carbocycles. The summed E-state index contributed by atoms with van der Waals surface area (Å²) in [6, 6.07) is 5.42. The summed E-state index contributed by atoms with van der Waals surface area (Å²) in [5.41, 5.74) is 8.72. The van der Waals surface area contributed by atoms with Crippen LogP contribution in [0.4, 0.5) is 0 Å². The first-order valence-electron chi connectivity index (χ1n) is 5.34. The quantitative estimate of drug-likeness (QED) is 0.848. The van der Waals surface area contributed by atoms with E-state index in [1.807, 2.05) is 19.1 Å². The molecule has 0 aliphatic rings. The summed E-state index contributed by atoms with van der Waals surface area (Å²) < 4.78 is 5.33. The number of rotatable bonds is 3. The van der Waals surface area contributed by atoms with Gasteiger partial charge >= 0.3 is 0 Å². The summed E-state index contributed by atoms with van der Waals surface area (Å²) in [5, 5.41) is 8.86. The first-order chi connectivity index (χ1) is 7.51. The van der Waals surface area contributed by atoms with Gasteiger partial charge in [0.05, 0.1) is 13.2 Å². The average molecular weight is 218 g/mol. The Hall–Kier alpha value is -1.53. The number of ether oxygens (including phenoxy) is 1. The summed E-state index contributed by atoms with van der Waals surface area (Å²) >= 11 is 0. The molecule has 2 N–H and O–H groups in total. The van der Waals surface area contributed by atoms with Crippen molar-refractivity contribution in [2.75, 3.05) is 7.11 Å². The van der Waals surface area contributed by atoms with Crippen LogP contribution in [0.3, 0.4) is 0 Å². The van der Waals surface area contributed by atoms with Crippen LogP contribution in [0.15, 0.2) is 12.1 Å². The third-order valence-electron chi connectivity index (χ3n) is 2.71. The fourth-order valence-electron chi connectivity index (χ4n) is 1.75. The van der Waals surface area contributed by atoms with Crippen LogP contribution < -0.4 is 10.5 Å². The van der Waals surface area contributed by atoms with Crippen LogP contribution in [0.25, 0.3) is 0 Å². The highest BCUT2D eigenvalue weighted by molar-refractivity contribution is 5.46. The highest BCUT2D eigenvalue weighted by Gasteiger charge is 2.14. The number of aryl methyl sites for hydroxylation is 1. The van der Waals surface area contributed by atoms with Crippen LogP contribution in [0, 0.1) is 18.3 Å². The molecular formula is C13H18N2O. The third kappa shape index (κ3) is 2.34. The predicted octanol–water partition coefficient (Wildman–Crippen LogP) is 2.65. The third-order valence-corrected chi connectivity index (χ3v) is 2.71. The molecule has 0 heterocycles. The maximum absolute atomic E-state index is 8.86. The molecule has 1 aromatic rings. The van der Waals surface area contributed by atoms with E-state index >= 15 is 0 Å². The van der Waals surface area contributed by atoms with E-state index in [4.69, 9.17) is 15.7 Å². The van der Waals surface area contributed by atoms with Gasteiger partial charge in [-0.1, -0.05) is 13.8 Å². The van der Waals surface area contributed by atoms with Crippen molar-refractivity contribution in [3.63, 3.8) is 0 Å². The molecule has 86 valence electrons. The van der Waals surface area contributed by atoms with Gasteiger partial charge in [-0.2, -0.15) is 5.26 Å². The van der Waals surface area contributed by atoms with Gasteiger partial charge in [0.2, 0.25) is 0 Å². The second kappa shape index (κ2) is 5.00. The molecule has 0 radical (unpaired) electrons. The number of methoxy groups -OCH3 is 1. The molecule has 0 amide bonds. The van der Waals surface area contributed by atoms with Crippen LogP contribution in [0.2, 0.25) is 0 Å². The number of nitrogens with zero attached hydrogens (tertiary/aromatic N) is 1. The van der Waals surface area contributed by atoms with Crippen LogP contribution >= 0.6 is 0 Å². The molecule has 0 bridgehead atoms. The second-order valence-electron chi connectivity index (χ2n) is 4.21. The zero-order valence-corrected chi connectivity index (χ0v) is 10.2. The summed E-state index contributed by atoms with van der Waals surface area (Å²) in [6.45, 7) is 6.13. The van der Waals surface area contributed by atoms with Crippen molar-refractivity contribution >= 4 is 0 Å². The largest absolute Gasteiger partial charge is 0.496 e. The first-order valence-corrected chi connectivity index (χ1v) is 5.34. The molecule has 0 saturated carbocycles. The van der Waals surface area contributed by atoms with Gasteiger partial charge in [0.15, 0.2) is 0 Å². The molecule has 0 saturated heterocycles. The lowest BCUT2D eigenvalue weighted by atomic mass is 9.94. The van der Waals surface area contributed by atoms with Gasteiger partial charge in [0.25, 0.3) is 0 Å². The van der Waals surface area contributed by atoms with Gasteiger partial charge in [-0.15, -0.1) is 0 Å². The molecule has 1 rings (SSSR count). The minimum absolute atomic E-state index is 0.347. The monoisotopic (exact) mass is 218 g/mol. The Morgan fingerprint density at radius 2 is 1.94 bits per heavy atom. The number of hydrogen-bond acceptors (Lipinski definition) is 3. The van der Waals surface area contributed by atoms with Crippen molar-refractivity contribution in [1.29, 1.82) is 5.26 Å². The van der Waals surface area contributed by atoms with Crippen molar-refractivity contribution in [2.45, 2.75) is 32.7 Å². The Morgan fingerprint density at radius 1 is 1.31 bits per heavy atom. The number of benzene rings is 1. The number of nitriles is 1. The zero-order chi connectivity index (χ0) is 12.3. The topological polar surface area (TPSA) is 59.0 Å². The van der Waals surface area contributed by atoms with Crippen molar-refractivity contribution in [2.24, 2.45) is 5.73 Å². The van der Waals surface area contributed by atoms with E-state index in [1.165, 1.54) is 0 Å². The SMILES string of the molecule is COc1cc(C)c(C(N)C#N)cc1C(C)C. The zero-order valence-electron chi connectivity index (χ0n) is 10.2. The fraction of sp³-hybridized carbons (Fsp3) is 0.462. The van der Waals surface area contributed by atoms with Gasteiger partial charge in [-0.3, -0.25) is 0 Å². The van der Waals surface area contributed by atoms with Gasteiger partial charge in [0.1, 0.15) is 11.8 Å². The second-order valence-corrected chi connectivity index (χ2v) is 4.21.